The van der Waals surface area contributed by atoms with Crippen molar-refractivity contribution in [2.24, 2.45) is 5.92 Å². The molecule has 3 heteroatoms. The van der Waals surface area contributed by atoms with Crippen LogP contribution < -0.4 is 4.74 Å². The van der Waals surface area contributed by atoms with E-state index in [0.717, 1.165) is 16.8 Å². The SMILES string of the molecule is N#Cc1ccc(Br)c(OCC2CCC2)c1. The first-order chi connectivity index (χ1) is 7.29. The van der Waals surface area contributed by atoms with Crippen molar-refractivity contribution in [2.45, 2.75) is 19.3 Å². The van der Waals surface area contributed by atoms with Crippen LogP contribution in [0.4, 0.5) is 0 Å². The minimum absolute atomic E-state index is 0.641. The summed E-state index contributed by atoms with van der Waals surface area (Å²) in [4.78, 5) is 0. The van der Waals surface area contributed by atoms with E-state index in [1.807, 2.05) is 6.07 Å². The summed E-state index contributed by atoms with van der Waals surface area (Å²) in [5, 5.41) is 8.77. The summed E-state index contributed by atoms with van der Waals surface area (Å²) in [7, 11) is 0. The van der Waals surface area contributed by atoms with E-state index in [4.69, 9.17) is 10.00 Å². The third kappa shape index (κ3) is 2.51. The number of hydrogen-bond donors (Lipinski definition) is 0. The molecular formula is C12H12BrNO. The Labute approximate surface area is 98.0 Å². The number of nitrogens with zero attached hydrogens (tertiary/aromatic N) is 1. The number of halogens is 1. The van der Waals surface area contributed by atoms with E-state index in [0.29, 0.717) is 11.5 Å². The molecule has 0 N–H and O–H groups in total. The lowest BCUT2D eigenvalue weighted by molar-refractivity contribution is 0.180. The second-order valence-corrected chi connectivity index (χ2v) is 4.72. The predicted molar refractivity (Wildman–Crippen MR) is 61.7 cm³/mol. The van der Waals surface area contributed by atoms with E-state index in [2.05, 4.69) is 22.0 Å². The van der Waals surface area contributed by atoms with Gasteiger partial charge in [-0.25, -0.2) is 0 Å². The third-order valence-corrected chi connectivity index (χ3v) is 3.41. The molecule has 0 amide bonds. The molecule has 0 aromatic heterocycles. The monoisotopic (exact) mass is 265 g/mol. The molecule has 1 fully saturated rings. The first kappa shape index (κ1) is 10.5. The van der Waals surface area contributed by atoms with Gasteiger partial charge in [0.25, 0.3) is 0 Å². The van der Waals surface area contributed by atoms with Crippen LogP contribution in [0.3, 0.4) is 0 Å². The number of nitriles is 1. The molecule has 1 aliphatic rings. The second kappa shape index (κ2) is 4.67. The number of hydrogen-bond acceptors (Lipinski definition) is 2. The Morgan fingerprint density at radius 2 is 2.27 bits per heavy atom. The lowest BCUT2D eigenvalue weighted by Gasteiger charge is -2.25. The van der Waals surface area contributed by atoms with Crippen molar-refractivity contribution >= 4 is 15.9 Å². The largest absolute Gasteiger partial charge is 0.492 e. The molecule has 1 saturated carbocycles. The minimum Gasteiger partial charge on any atom is -0.492 e. The van der Waals surface area contributed by atoms with Gasteiger partial charge in [-0.1, -0.05) is 6.42 Å². The Balaban J connectivity index is 2.02. The van der Waals surface area contributed by atoms with Crippen LogP contribution in [-0.2, 0) is 0 Å². The van der Waals surface area contributed by atoms with Crippen LogP contribution in [0.25, 0.3) is 0 Å². The maximum Gasteiger partial charge on any atom is 0.134 e. The number of ether oxygens (including phenoxy) is 1. The molecule has 15 heavy (non-hydrogen) atoms. The van der Waals surface area contributed by atoms with Crippen molar-refractivity contribution in [2.75, 3.05) is 6.61 Å². The van der Waals surface area contributed by atoms with Crippen LogP contribution >= 0.6 is 15.9 Å². The molecule has 0 saturated heterocycles. The van der Waals surface area contributed by atoms with Gasteiger partial charge in [-0.3, -0.25) is 0 Å². The van der Waals surface area contributed by atoms with Gasteiger partial charge in [0.1, 0.15) is 5.75 Å². The predicted octanol–water partition coefficient (Wildman–Crippen LogP) is 3.50. The summed E-state index contributed by atoms with van der Waals surface area (Å²) < 4.78 is 6.60. The van der Waals surface area contributed by atoms with Gasteiger partial charge in [0.15, 0.2) is 0 Å². The molecule has 1 aromatic rings. The minimum atomic E-state index is 0.641. The zero-order valence-corrected chi connectivity index (χ0v) is 9.96. The van der Waals surface area contributed by atoms with Crippen LogP contribution in [-0.4, -0.2) is 6.61 Å². The molecule has 0 heterocycles. The average molecular weight is 266 g/mol. The summed E-state index contributed by atoms with van der Waals surface area (Å²) in [5.74, 6) is 1.49. The van der Waals surface area contributed by atoms with E-state index in [1.165, 1.54) is 19.3 Å². The van der Waals surface area contributed by atoms with Gasteiger partial charge < -0.3 is 4.74 Å². The molecular weight excluding hydrogens is 254 g/mol. The van der Waals surface area contributed by atoms with E-state index < -0.39 is 0 Å². The van der Waals surface area contributed by atoms with E-state index in [-0.39, 0.29) is 0 Å². The molecule has 2 nitrogen and oxygen atoms in total. The van der Waals surface area contributed by atoms with Crippen molar-refractivity contribution in [1.82, 2.24) is 0 Å². The van der Waals surface area contributed by atoms with Gasteiger partial charge in [0, 0.05) is 0 Å². The van der Waals surface area contributed by atoms with Crippen molar-refractivity contribution in [3.8, 4) is 11.8 Å². The number of benzene rings is 1. The summed E-state index contributed by atoms with van der Waals surface area (Å²) in [6, 6.07) is 7.52. The Morgan fingerprint density at radius 1 is 1.47 bits per heavy atom. The van der Waals surface area contributed by atoms with Crippen molar-refractivity contribution in [3.05, 3.63) is 28.2 Å². The summed E-state index contributed by atoms with van der Waals surface area (Å²) in [6.07, 6.45) is 3.87. The van der Waals surface area contributed by atoms with Crippen LogP contribution in [0.2, 0.25) is 0 Å². The fourth-order valence-corrected chi connectivity index (χ4v) is 1.91. The van der Waals surface area contributed by atoms with Crippen molar-refractivity contribution < 1.29 is 4.74 Å². The summed E-state index contributed by atoms with van der Waals surface area (Å²) in [6.45, 7) is 0.771. The topological polar surface area (TPSA) is 33.0 Å². The van der Waals surface area contributed by atoms with Gasteiger partial charge in [0.2, 0.25) is 0 Å². The first-order valence-electron chi connectivity index (χ1n) is 5.12. The van der Waals surface area contributed by atoms with Crippen molar-refractivity contribution in [1.29, 1.82) is 5.26 Å². The molecule has 0 radical (unpaired) electrons. The smallest absolute Gasteiger partial charge is 0.134 e. The molecule has 78 valence electrons. The van der Waals surface area contributed by atoms with Crippen LogP contribution in [0, 0.1) is 17.2 Å². The Bertz CT molecular complexity index is 393. The standard InChI is InChI=1S/C12H12BrNO/c13-11-5-4-10(7-14)6-12(11)15-8-9-2-1-3-9/h4-6,9H,1-3,8H2. The fourth-order valence-electron chi connectivity index (χ4n) is 1.55. The quantitative estimate of drug-likeness (QED) is 0.838. The molecule has 0 atom stereocenters. The first-order valence-corrected chi connectivity index (χ1v) is 5.91. The lowest BCUT2D eigenvalue weighted by atomic mass is 9.86. The lowest BCUT2D eigenvalue weighted by Crippen LogP contribution is -2.19. The highest BCUT2D eigenvalue weighted by Crippen LogP contribution is 2.30. The highest BCUT2D eigenvalue weighted by molar-refractivity contribution is 9.10. The summed E-state index contributed by atoms with van der Waals surface area (Å²) in [5.41, 5.74) is 0.641. The maximum atomic E-state index is 8.77. The third-order valence-electron chi connectivity index (χ3n) is 2.76. The van der Waals surface area contributed by atoms with Gasteiger partial charge in [-0.15, -0.1) is 0 Å². The van der Waals surface area contributed by atoms with E-state index >= 15 is 0 Å². The van der Waals surface area contributed by atoms with E-state index in [9.17, 15) is 0 Å². The molecule has 2 rings (SSSR count). The van der Waals surface area contributed by atoms with Crippen LogP contribution in [0.1, 0.15) is 24.8 Å². The zero-order chi connectivity index (χ0) is 10.7. The Kier molecular flexibility index (Phi) is 3.27. The molecule has 1 aromatic carbocycles. The van der Waals surface area contributed by atoms with Gasteiger partial charge >= 0.3 is 0 Å². The fraction of sp³-hybridized carbons (Fsp3) is 0.417. The molecule has 0 unspecified atom stereocenters. The zero-order valence-electron chi connectivity index (χ0n) is 8.37. The van der Waals surface area contributed by atoms with Gasteiger partial charge in [-0.05, 0) is 52.9 Å². The molecule has 1 aliphatic carbocycles. The molecule has 0 aliphatic heterocycles. The highest BCUT2D eigenvalue weighted by Gasteiger charge is 2.18. The second-order valence-electron chi connectivity index (χ2n) is 3.86. The Hall–Kier alpha value is -1.01. The van der Waals surface area contributed by atoms with Crippen LogP contribution in [0.5, 0.6) is 5.75 Å². The van der Waals surface area contributed by atoms with Gasteiger partial charge in [-0.2, -0.15) is 5.26 Å². The molecule has 0 bridgehead atoms. The molecule has 0 spiro atoms. The van der Waals surface area contributed by atoms with E-state index in [1.54, 1.807) is 12.1 Å². The average Bonchev–Trinajstić information content (AvgIpc) is 2.18. The maximum absolute atomic E-state index is 8.77. The van der Waals surface area contributed by atoms with Gasteiger partial charge in [0.05, 0.1) is 22.7 Å². The highest BCUT2D eigenvalue weighted by atomic mass is 79.9. The normalized spacial score (nSPS) is 15.5. The number of rotatable bonds is 3. The summed E-state index contributed by atoms with van der Waals surface area (Å²) >= 11 is 3.42. The van der Waals surface area contributed by atoms with Crippen molar-refractivity contribution in [3.63, 3.8) is 0 Å². The van der Waals surface area contributed by atoms with Crippen LogP contribution in [0.15, 0.2) is 22.7 Å². The Morgan fingerprint density at radius 3 is 2.87 bits per heavy atom.